The summed E-state index contributed by atoms with van der Waals surface area (Å²) in [6, 6.07) is 11.5. The molecule has 1 aliphatic rings. The molecular weight excluding hydrogens is 460 g/mol. The van der Waals surface area contributed by atoms with Gasteiger partial charge in [-0.3, -0.25) is 4.79 Å². The average molecular weight is 489 g/mol. The fraction of sp³-hybridized carbons (Fsp3) is 0.333. The van der Waals surface area contributed by atoms with Crippen LogP contribution in [0.3, 0.4) is 0 Å². The van der Waals surface area contributed by atoms with Crippen molar-refractivity contribution in [3.05, 3.63) is 59.7 Å². The maximum absolute atomic E-state index is 12.5. The summed E-state index contributed by atoms with van der Waals surface area (Å²) in [6.45, 7) is 6.23. The molecule has 0 radical (unpaired) electrons. The first-order valence-electron chi connectivity index (χ1n) is 10.9. The number of hydrogen-bond donors (Lipinski definition) is 1. The van der Waals surface area contributed by atoms with Gasteiger partial charge in [0.2, 0.25) is 16.8 Å². The second-order valence-corrected chi connectivity index (χ2v) is 9.41. The topological polar surface area (TPSA) is 111 Å². The number of fused-ring (bicyclic) bond motifs is 1. The Labute approximate surface area is 199 Å². The fourth-order valence-electron chi connectivity index (χ4n) is 3.28. The zero-order valence-electron chi connectivity index (χ0n) is 19.3. The Morgan fingerprint density at radius 3 is 2.44 bits per heavy atom. The molecule has 0 saturated carbocycles. The Morgan fingerprint density at radius 1 is 1.09 bits per heavy atom. The molecule has 1 unspecified atom stereocenters. The van der Waals surface area contributed by atoms with Crippen molar-refractivity contribution in [2.75, 3.05) is 19.9 Å². The minimum Gasteiger partial charge on any atom is -0.454 e. The van der Waals surface area contributed by atoms with Gasteiger partial charge in [-0.25, -0.2) is 13.2 Å². The second kappa shape index (κ2) is 11.2. The van der Waals surface area contributed by atoms with Crippen molar-refractivity contribution in [1.29, 1.82) is 0 Å². The molecule has 0 saturated heterocycles. The van der Waals surface area contributed by atoms with Gasteiger partial charge in [0, 0.05) is 25.7 Å². The molecule has 1 amide bonds. The molecule has 0 spiro atoms. The van der Waals surface area contributed by atoms with Crippen LogP contribution in [0.25, 0.3) is 6.08 Å². The Morgan fingerprint density at radius 2 is 1.76 bits per heavy atom. The first-order chi connectivity index (χ1) is 16.2. The van der Waals surface area contributed by atoms with Crippen molar-refractivity contribution < 1.29 is 32.2 Å². The normalized spacial score (nSPS) is 13.8. The Bertz CT molecular complexity index is 1160. The van der Waals surface area contributed by atoms with Crippen molar-refractivity contribution >= 4 is 28.0 Å². The molecule has 1 heterocycles. The lowest BCUT2D eigenvalue weighted by Crippen LogP contribution is -2.35. The number of sulfonamides is 1. The van der Waals surface area contributed by atoms with E-state index in [2.05, 4.69) is 5.32 Å². The van der Waals surface area contributed by atoms with Gasteiger partial charge in [-0.05, 0) is 48.4 Å². The molecule has 1 aliphatic heterocycles. The van der Waals surface area contributed by atoms with E-state index in [9.17, 15) is 18.0 Å². The molecule has 182 valence electrons. The second-order valence-electron chi connectivity index (χ2n) is 7.48. The number of nitrogens with zero attached hydrogens (tertiary/aromatic N) is 1. The van der Waals surface area contributed by atoms with Gasteiger partial charge in [-0.15, -0.1) is 0 Å². The number of benzene rings is 2. The molecule has 34 heavy (non-hydrogen) atoms. The molecule has 10 heteroatoms. The lowest BCUT2D eigenvalue weighted by molar-refractivity contribution is -0.150. The summed E-state index contributed by atoms with van der Waals surface area (Å²) < 4.78 is 42.2. The van der Waals surface area contributed by atoms with Gasteiger partial charge < -0.3 is 19.5 Å². The van der Waals surface area contributed by atoms with E-state index in [1.165, 1.54) is 35.5 Å². The van der Waals surface area contributed by atoms with Crippen LogP contribution in [0.5, 0.6) is 11.5 Å². The van der Waals surface area contributed by atoms with Gasteiger partial charge in [0.05, 0.1) is 4.90 Å². The van der Waals surface area contributed by atoms with Gasteiger partial charge >= 0.3 is 5.97 Å². The predicted molar refractivity (Wildman–Crippen MR) is 126 cm³/mol. The molecule has 0 aliphatic carbocycles. The highest BCUT2D eigenvalue weighted by Gasteiger charge is 2.21. The molecule has 2 aromatic carbocycles. The summed E-state index contributed by atoms with van der Waals surface area (Å²) in [7, 11) is -3.54. The summed E-state index contributed by atoms with van der Waals surface area (Å²) >= 11 is 0. The van der Waals surface area contributed by atoms with E-state index in [4.69, 9.17) is 14.2 Å². The first-order valence-corrected chi connectivity index (χ1v) is 12.3. The van der Waals surface area contributed by atoms with Gasteiger partial charge in [0.25, 0.3) is 5.91 Å². The minimum atomic E-state index is -3.54. The molecule has 2 aromatic rings. The number of rotatable bonds is 10. The van der Waals surface area contributed by atoms with E-state index in [0.29, 0.717) is 30.2 Å². The quantitative estimate of drug-likeness (QED) is 0.404. The molecule has 1 N–H and O–H groups in total. The van der Waals surface area contributed by atoms with Crippen molar-refractivity contribution in [3.8, 4) is 11.5 Å². The summed E-state index contributed by atoms with van der Waals surface area (Å²) in [6.07, 6.45) is 1.69. The summed E-state index contributed by atoms with van der Waals surface area (Å²) in [4.78, 5) is 24.6. The Balaban J connectivity index is 1.50. The van der Waals surface area contributed by atoms with Gasteiger partial charge in [-0.2, -0.15) is 4.31 Å². The number of amides is 1. The SMILES string of the molecule is CCN(CC)S(=O)(=O)c1ccc(C=CC(=O)OC(C)C(=O)NCc2ccc3c(c2)OCO3)cc1. The fourth-order valence-corrected chi connectivity index (χ4v) is 4.74. The maximum Gasteiger partial charge on any atom is 0.331 e. The minimum absolute atomic E-state index is 0.172. The highest BCUT2D eigenvalue weighted by atomic mass is 32.2. The van der Waals surface area contributed by atoms with E-state index in [0.717, 1.165) is 5.56 Å². The number of esters is 1. The Kier molecular flexibility index (Phi) is 8.30. The van der Waals surface area contributed by atoms with Crippen molar-refractivity contribution in [1.82, 2.24) is 9.62 Å². The number of carbonyl (C=O) groups is 2. The first kappa shape index (κ1) is 25.3. The molecule has 9 nitrogen and oxygen atoms in total. The van der Waals surface area contributed by atoms with E-state index >= 15 is 0 Å². The lowest BCUT2D eigenvalue weighted by atomic mass is 10.2. The van der Waals surface area contributed by atoms with Crippen LogP contribution in [-0.2, 0) is 30.9 Å². The highest BCUT2D eigenvalue weighted by molar-refractivity contribution is 7.89. The van der Waals surface area contributed by atoms with E-state index in [1.807, 2.05) is 6.07 Å². The van der Waals surface area contributed by atoms with Crippen molar-refractivity contribution in [2.24, 2.45) is 0 Å². The highest BCUT2D eigenvalue weighted by Crippen LogP contribution is 2.32. The average Bonchev–Trinajstić information content (AvgIpc) is 3.30. The maximum atomic E-state index is 12.5. The lowest BCUT2D eigenvalue weighted by Gasteiger charge is -2.18. The van der Waals surface area contributed by atoms with Crippen LogP contribution in [0, 0.1) is 0 Å². The van der Waals surface area contributed by atoms with Crippen LogP contribution in [0.1, 0.15) is 31.9 Å². The molecule has 0 fully saturated rings. The van der Waals surface area contributed by atoms with Crippen molar-refractivity contribution in [2.45, 2.75) is 38.3 Å². The third-order valence-electron chi connectivity index (χ3n) is 5.20. The van der Waals surface area contributed by atoms with Gasteiger partial charge in [-0.1, -0.05) is 32.0 Å². The smallest absolute Gasteiger partial charge is 0.331 e. The molecular formula is C24H28N2O7S. The zero-order valence-corrected chi connectivity index (χ0v) is 20.1. The monoisotopic (exact) mass is 488 g/mol. The van der Waals surface area contributed by atoms with E-state index in [-0.39, 0.29) is 18.2 Å². The van der Waals surface area contributed by atoms with Crippen LogP contribution in [-0.4, -0.2) is 50.6 Å². The summed E-state index contributed by atoms with van der Waals surface area (Å²) in [5, 5.41) is 2.71. The van der Waals surface area contributed by atoms with Crippen molar-refractivity contribution in [3.63, 3.8) is 0 Å². The summed E-state index contributed by atoms with van der Waals surface area (Å²) in [5.41, 5.74) is 1.44. The van der Waals surface area contributed by atoms with Crippen LogP contribution in [0.4, 0.5) is 0 Å². The van der Waals surface area contributed by atoms with Crippen LogP contribution in [0.2, 0.25) is 0 Å². The van der Waals surface area contributed by atoms with Crippen LogP contribution < -0.4 is 14.8 Å². The molecule has 0 bridgehead atoms. The molecule has 0 aromatic heterocycles. The Hall–Kier alpha value is -3.37. The molecule has 1 atom stereocenters. The number of carbonyl (C=O) groups excluding carboxylic acids is 2. The van der Waals surface area contributed by atoms with E-state index in [1.54, 1.807) is 38.1 Å². The zero-order chi connectivity index (χ0) is 24.7. The van der Waals surface area contributed by atoms with Gasteiger partial charge in [0.1, 0.15) is 0 Å². The van der Waals surface area contributed by atoms with Gasteiger partial charge in [0.15, 0.2) is 17.6 Å². The third kappa shape index (κ3) is 6.15. The predicted octanol–water partition coefficient (Wildman–Crippen LogP) is 2.71. The largest absolute Gasteiger partial charge is 0.454 e. The van der Waals surface area contributed by atoms with Crippen LogP contribution >= 0.6 is 0 Å². The standard InChI is InChI=1S/C24H28N2O7S/c1-4-26(5-2)34(29,30)20-10-6-18(7-11-20)9-13-23(27)33-17(3)24(28)25-15-19-8-12-21-22(14-19)32-16-31-21/h6-14,17H,4-5,15-16H2,1-3H3,(H,25,28). The van der Waals surface area contributed by atoms with Crippen LogP contribution in [0.15, 0.2) is 53.4 Å². The summed E-state index contributed by atoms with van der Waals surface area (Å²) in [5.74, 6) is 0.148. The third-order valence-corrected chi connectivity index (χ3v) is 7.27. The number of ether oxygens (including phenoxy) is 3. The number of nitrogens with one attached hydrogen (secondary N) is 1. The molecule has 3 rings (SSSR count). The number of hydrogen-bond acceptors (Lipinski definition) is 7. The van der Waals surface area contributed by atoms with E-state index < -0.39 is 28.0 Å².